The number of rotatable bonds is 5. The molecule has 0 fully saturated rings. The Morgan fingerprint density at radius 2 is 1.87 bits per heavy atom. The van der Waals surface area contributed by atoms with Crippen molar-refractivity contribution in [3.63, 3.8) is 0 Å². The van der Waals surface area contributed by atoms with Gasteiger partial charge in [-0.2, -0.15) is 0 Å². The van der Waals surface area contributed by atoms with Gasteiger partial charge in [-0.3, -0.25) is 9.36 Å². The molecule has 0 N–H and O–H groups in total. The summed E-state index contributed by atoms with van der Waals surface area (Å²) in [4.78, 5) is 23.9. The molecule has 0 saturated heterocycles. The molecule has 0 aliphatic carbocycles. The number of oxazole rings is 1. The second kappa shape index (κ2) is 8.11. The van der Waals surface area contributed by atoms with Crippen LogP contribution in [0.2, 0.25) is 0 Å². The van der Waals surface area contributed by atoms with Crippen molar-refractivity contribution in [2.75, 3.05) is 13.7 Å². The van der Waals surface area contributed by atoms with Crippen LogP contribution in [-0.2, 0) is 17.7 Å². The summed E-state index contributed by atoms with van der Waals surface area (Å²) in [5, 5.41) is 7.56. The van der Waals surface area contributed by atoms with Crippen molar-refractivity contribution in [2.45, 2.75) is 19.1 Å². The van der Waals surface area contributed by atoms with E-state index in [2.05, 4.69) is 20.2 Å². The fraction of sp³-hybridized carbons (Fsp3) is 0.227. The number of nitrogens with zero attached hydrogens (tertiary/aromatic N) is 6. The average Bonchev–Trinajstić information content (AvgIpc) is 3.50. The molecule has 31 heavy (non-hydrogen) atoms. The van der Waals surface area contributed by atoms with Gasteiger partial charge in [0.25, 0.3) is 5.91 Å². The van der Waals surface area contributed by atoms with Crippen molar-refractivity contribution in [1.29, 1.82) is 0 Å². The Morgan fingerprint density at radius 1 is 1.06 bits per heavy atom. The van der Waals surface area contributed by atoms with Crippen molar-refractivity contribution in [1.82, 2.24) is 29.6 Å². The van der Waals surface area contributed by atoms with Crippen molar-refractivity contribution in [2.24, 2.45) is 0 Å². The van der Waals surface area contributed by atoms with Crippen LogP contribution in [0, 0.1) is 0 Å². The molecular weight excluding hydrogens is 396 g/mol. The quantitative estimate of drug-likeness (QED) is 0.493. The van der Waals surface area contributed by atoms with Gasteiger partial charge in [0.1, 0.15) is 35.6 Å². The molecule has 9 heteroatoms. The molecule has 9 nitrogen and oxygen atoms in total. The largest absolute Gasteiger partial charge is 0.442 e. The minimum Gasteiger partial charge on any atom is -0.442 e. The maximum atomic E-state index is 13.1. The van der Waals surface area contributed by atoms with Crippen molar-refractivity contribution < 1.29 is 13.9 Å². The lowest BCUT2D eigenvalue weighted by Crippen LogP contribution is -2.36. The van der Waals surface area contributed by atoms with Crippen LogP contribution in [0.4, 0.5) is 0 Å². The van der Waals surface area contributed by atoms with Crippen molar-refractivity contribution >= 4 is 5.91 Å². The molecule has 1 amide bonds. The highest BCUT2D eigenvalue weighted by atomic mass is 16.5. The van der Waals surface area contributed by atoms with Crippen molar-refractivity contribution in [3.8, 4) is 5.82 Å². The van der Waals surface area contributed by atoms with Crippen LogP contribution in [-0.4, -0.2) is 49.2 Å². The Kier molecular flexibility index (Phi) is 5.01. The molecule has 0 saturated carbocycles. The first-order valence-corrected chi connectivity index (χ1v) is 9.90. The molecule has 1 unspecified atom stereocenters. The van der Waals surface area contributed by atoms with E-state index in [0.29, 0.717) is 36.9 Å². The number of methoxy groups -OCH3 is 1. The van der Waals surface area contributed by atoms with Crippen LogP contribution in [0.1, 0.15) is 39.5 Å². The second-order valence-corrected chi connectivity index (χ2v) is 7.18. The number of amides is 1. The van der Waals surface area contributed by atoms with Gasteiger partial charge < -0.3 is 14.1 Å². The highest BCUT2D eigenvalue weighted by Gasteiger charge is 2.29. The van der Waals surface area contributed by atoms with E-state index in [1.54, 1.807) is 47.4 Å². The first-order valence-electron chi connectivity index (χ1n) is 9.90. The fourth-order valence-electron chi connectivity index (χ4n) is 3.68. The molecular formula is C22H20N6O3. The third-order valence-corrected chi connectivity index (χ3v) is 5.23. The minimum absolute atomic E-state index is 0.156. The third-order valence-electron chi connectivity index (χ3n) is 5.23. The van der Waals surface area contributed by atoms with Gasteiger partial charge in [0.15, 0.2) is 6.10 Å². The zero-order valence-electron chi connectivity index (χ0n) is 16.9. The highest BCUT2D eigenvalue weighted by Crippen LogP contribution is 2.29. The summed E-state index contributed by atoms with van der Waals surface area (Å²) >= 11 is 0. The lowest BCUT2D eigenvalue weighted by atomic mass is 10.1. The Balaban J connectivity index is 1.36. The maximum Gasteiger partial charge on any atom is 0.272 e. The van der Waals surface area contributed by atoms with Crippen LogP contribution < -0.4 is 0 Å². The molecule has 1 atom stereocenters. The summed E-state index contributed by atoms with van der Waals surface area (Å²) in [6, 6.07) is 15.1. The van der Waals surface area contributed by atoms with Gasteiger partial charge in [0.05, 0.1) is 6.54 Å². The number of hydrogen-bond donors (Lipinski definition) is 0. The van der Waals surface area contributed by atoms with E-state index in [-0.39, 0.29) is 5.91 Å². The maximum absolute atomic E-state index is 13.1. The van der Waals surface area contributed by atoms with E-state index in [4.69, 9.17) is 9.15 Å². The molecule has 1 aliphatic heterocycles. The number of aromatic nitrogens is 5. The van der Waals surface area contributed by atoms with E-state index in [1.165, 1.54) is 0 Å². The highest BCUT2D eigenvalue weighted by molar-refractivity contribution is 5.92. The Morgan fingerprint density at radius 3 is 2.65 bits per heavy atom. The van der Waals surface area contributed by atoms with Crippen LogP contribution in [0.15, 0.2) is 65.6 Å². The predicted molar refractivity (Wildman–Crippen MR) is 109 cm³/mol. The van der Waals surface area contributed by atoms with Crippen molar-refractivity contribution in [3.05, 3.63) is 89.8 Å². The van der Waals surface area contributed by atoms with Gasteiger partial charge >= 0.3 is 0 Å². The molecule has 1 aromatic carbocycles. The minimum atomic E-state index is -0.391. The molecule has 5 rings (SSSR count). The SMILES string of the molecule is COC(c1ccccc1)c1nc2c(o1)CCN(C(=O)c1cccc(-n3cnnc3)n1)C2. The van der Waals surface area contributed by atoms with E-state index < -0.39 is 6.10 Å². The Hall–Kier alpha value is -3.85. The topological polar surface area (TPSA) is 99.2 Å². The summed E-state index contributed by atoms with van der Waals surface area (Å²) in [5.41, 5.74) is 2.08. The normalized spacial score (nSPS) is 14.3. The molecule has 0 spiro atoms. The number of benzene rings is 1. The molecule has 0 radical (unpaired) electrons. The molecule has 4 heterocycles. The molecule has 4 aromatic rings. The van der Waals surface area contributed by atoms with E-state index in [9.17, 15) is 4.79 Å². The fourth-order valence-corrected chi connectivity index (χ4v) is 3.68. The Bertz CT molecular complexity index is 1190. The molecule has 156 valence electrons. The van der Waals surface area contributed by atoms with Crippen LogP contribution in [0.5, 0.6) is 0 Å². The number of carbonyl (C=O) groups excluding carboxylic acids is 1. The Labute approximate surface area is 178 Å². The monoisotopic (exact) mass is 416 g/mol. The molecule has 0 bridgehead atoms. The van der Waals surface area contributed by atoms with Crippen LogP contribution >= 0.6 is 0 Å². The van der Waals surface area contributed by atoms with E-state index in [0.717, 1.165) is 17.0 Å². The van der Waals surface area contributed by atoms with Gasteiger partial charge in [0, 0.05) is 20.1 Å². The zero-order valence-corrected chi connectivity index (χ0v) is 16.9. The van der Waals surface area contributed by atoms with Gasteiger partial charge in [-0.1, -0.05) is 36.4 Å². The average molecular weight is 416 g/mol. The summed E-state index contributed by atoms with van der Waals surface area (Å²) in [5.74, 6) is 1.73. The summed E-state index contributed by atoms with van der Waals surface area (Å²) in [6.07, 6.45) is 3.28. The predicted octanol–water partition coefficient (Wildman–Crippen LogP) is 2.58. The lowest BCUT2D eigenvalue weighted by Gasteiger charge is -2.25. The standard InChI is InChI=1S/C22H20N6O3/c1-30-20(15-6-3-2-4-7-15)21-26-17-12-27(11-10-18(17)31-21)22(29)16-8-5-9-19(25-16)28-13-23-24-14-28/h2-9,13-14,20H,10-12H2,1H3. The number of pyridine rings is 1. The summed E-state index contributed by atoms with van der Waals surface area (Å²) in [6.45, 7) is 0.892. The van der Waals surface area contributed by atoms with Crippen LogP contribution in [0.3, 0.4) is 0 Å². The summed E-state index contributed by atoms with van der Waals surface area (Å²) < 4.78 is 13.3. The van der Waals surface area contributed by atoms with Gasteiger partial charge in [0.2, 0.25) is 5.89 Å². The second-order valence-electron chi connectivity index (χ2n) is 7.18. The molecule has 3 aromatic heterocycles. The first-order chi connectivity index (χ1) is 15.2. The van der Waals surface area contributed by atoms with Gasteiger partial charge in [-0.05, 0) is 17.7 Å². The van der Waals surface area contributed by atoms with Gasteiger partial charge in [-0.25, -0.2) is 9.97 Å². The number of hydrogen-bond acceptors (Lipinski definition) is 7. The smallest absolute Gasteiger partial charge is 0.272 e. The third kappa shape index (κ3) is 3.71. The number of ether oxygens (including phenoxy) is 1. The van der Waals surface area contributed by atoms with Crippen LogP contribution in [0.25, 0.3) is 5.82 Å². The van der Waals surface area contributed by atoms with E-state index >= 15 is 0 Å². The van der Waals surface area contributed by atoms with Gasteiger partial charge in [-0.15, -0.1) is 10.2 Å². The van der Waals surface area contributed by atoms with E-state index in [1.807, 2.05) is 30.3 Å². The lowest BCUT2D eigenvalue weighted by molar-refractivity contribution is 0.0721. The zero-order chi connectivity index (χ0) is 21.2. The summed E-state index contributed by atoms with van der Waals surface area (Å²) in [7, 11) is 1.63. The number of fused-ring (bicyclic) bond motifs is 1. The first kappa shape index (κ1) is 19.1. The molecule has 1 aliphatic rings. The number of carbonyl (C=O) groups is 1.